The van der Waals surface area contributed by atoms with Crippen LogP contribution >= 0.6 is 0 Å². The first kappa shape index (κ1) is 19.2. The third-order valence-corrected chi connectivity index (χ3v) is 4.11. The SMILES string of the molecule is COC(=O)C(=O)Nc1ccc(OC2CCC(C(=O)O)CC2)cc1[N+](=O)[O-]. The number of carboxylic acids is 1. The van der Waals surface area contributed by atoms with Crippen molar-refractivity contribution in [3.05, 3.63) is 28.3 Å². The molecule has 0 unspecified atom stereocenters. The third kappa shape index (κ3) is 4.68. The van der Waals surface area contributed by atoms with E-state index in [2.05, 4.69) is 10.1 Å². The number of hydrogen-bond donors (Lipinski definition) is 2. The van der Waals surface area contributed by atoms with E-state index in [1.165, 1.54) is 12.1 Å². The standard InChI is InChI=1S/C16H18N2O8/c1-25-16(22)14(19)17-12-7-6-11(8-13(12)18(23)24)26-10-4-2-9(3-5-10)15(20)21/h6-10H,2-5H2,1H3,(H,17,19)(H,20,21). The summed E-state index contributed by atoms with van der Waals surface area (Å²) in [5.74, 6) is -3.29. The number of amides is 1. The molecular formula is C16H18N2O8. The summed E-state index contributed by atoms with van der Waals surface area (Å²) in [6.45, 7) is 0. The smallest absolute Gasteiger partial charge is 0.396 e. The fourth-order valence-corrected chi connectivity index (χ4v) is 2.73. The zero-order valence-electron chi connectivity index (χ0n) is 14.0. The van der Waals surface area contributed by atoms with Crippen LogP contribution in [0.25, 0.3) is 0 Å². The van der Waals surface area contributed by atoms with E-state index in [1.54, 1.807) is 0 Å². The van der Waals surface area contributed by atoms with Crippen LogP contribution in [0.1, 0.15) is 25.7 Å². The van der Waals surface area contributed by atoms with Crippen LogP contribution < -0.4 is 10.1 Å². The minimum absolute atomic E-state index is 0.160. The van der Waals surface area contributed by atoms with E-state index in [9.17, 15) is 24.5 Å². The summed E-state index contributed by atoms with van der Waals surface area (Å²) in [5, 5.41) is 22.3. The molecule has 1 saturated carbocycles. The second-order valence-corrected chi connectivity index (χ2v) is 5.81. The molecule has 1 aromatic rings. The van der Waals surface area contributed by atoms with Crippen molar-refractivity contribution >= 4 is 29.2 Å². The molecule has 0 atom stereocenters. The van der Waals surface area contributed by atoms with Crippen LogP contribution in [-0.2, 0) is 19.1 Å². The molecule has 0 spiro atoms. The first-order valence-electron chi connectivity index (χ1n) is 7.89. The van der Waals surface area contributed by atoms with Crippen LogP contribution in [0.3, 0.4) is 0 Å². The summed E-state index contributed by atoms with van der Waals surface area (Å²) in [6, 6.07) is 3.84. The lowest BCUT2D eigenvalue weighted by molar-refractivity contribution is -0.384. The highest BCUT2D eigenvalue weighted by Crippen LogP contribution is 2.32. The van der Waals surface area contributed by atoms with Crippen LogP contribution in [0, 0.1) is 16.0 Å². The largest absolute Gasteiger partial charge is 0.490 e. The van der Waals surface area contributed by atoms with Crippen molar-refractivity contribution < 1.29 is 33.9 Å². The van der Waals surface area contributed by atoms with Crippen LogP contribution in [-0.4, -0.2) is 41.1 Å². The van der Waals surface area contributed by atoms with Crippen LogP contribution in [0.5, 0.6) is 5.75 Å². The molecule has 26 heavy (non-hydrogen) atoms. The number of ether oxygens (including phenoxy) is 2. The Hall–Kier alpha value is -3.17. The maximum Gasteiger partial charge on any atom is 0.396 e. The maximum absolute atomic E-state index is 11.5. The highest BCUT2D eigenvalue weighted by molar-refractivity contribution is 6.37. The second kappa shape index (κ2) is 8.28. The predicted molar refractivity (Wildman–Crippen MR) is 87.8 cm³/mol. The highest BCUT2D eigenvalue weighted by Gasteiger charge is 2.28. The van der Waals surface area contributed by atoms with E-state index in [0.29, 0.717) is 25.7 Å². The zero-order valence-corrected chi connectivity index (χ0v) is 14.0. The fourth-order valence-electron chi connectivity index (χ4n) is 2.73. The number of aliphatic carboxylic acids is 1. The molecule has 0 aliphatic heterocycles. The van der Waals surface area contributed by atoms with E-state index in [4.69, 9.17) is 9.84 Å². The predicted octanol–water partition coefficient (Wildman–Crippen LogP) is 1.73. The molecule has 1 aromatic carbocycles. The van der Waals surface area contributed by atoms with Crippen molar-refractivity contribution in [3.8, 4) is 5.75 Å². The number of carbonyl (C=O) groups excluding carboxylic acids is 2. The number of nitrogens with one attached hydrogen (secondary N) is 1. The molecule has 1 aliphatic rings. The molecule has 10 heteroatoms. The molecular weight excluding hydrogens is 348 g/mol. The molecule has 2 rings (SSSR count). The Morgan fingerprint density at radius 3 is 2.42 bits per heavy atom. The van der Waals surface area contributed by atoms with Gasteiger partial charge in [-0.2, -0.15) is 0 Å². The minimum atomic E-state index is -1.17. The number of rotatable bonds is 5. The Morgan fingerprint density at radius 1 is 1.23 bits per heavy atom. The van der Waals surface area contributed by atoms with E-state index in [1.807, 2.05) is 0 Å². The molecule has 0 aromatic heterocycles. The number of esters is 1. The monoisotopic (exact) mass is 366 g/mol. The minimum Gasteiger partial charge on any atom is -0.490 e. The van der Waals surface area contributed by atoms with Gasteiger partial charge in [0.1, 0.15) is 11.4 Å². The van der Waals surface area contributed by atoms with Crippen molar-refractivity contribution in [2.45, 2.75) is 31.8 Å². The van der Waals surface area contributed by atoms with Gasteiger partial charge in [-0.15, -0.1) is 0 Å². The number of methoxy groups -OCH3 is 1. The molecule has 1 amide bonds. The van der Waals surface area contributed by atoms with Gasteiger partial charge in [0.05, 0.1) is 30.1 Å². The van der Waals surface area contributed by atoms with Crippen LogP contribution in [0.4, 0.5) is 11.4 Å². The lowest BCUT2D eigenvalue weighted by atomic mass is 9.87. The topological polar surface area (TPSA) is 145 Å². The summed E-state index contributed by atoms with van der Waals surface area (Å²) in [7, 11) is 1.02. The number of carboxylic acid groups (broad SMARTS) is 1. The molecule has 1 aliphatic carbocycles. The quantitative estimate of drug-likeness (QED) is 0.347. The Labute approximate surface area is 148 Å². The van der Waals surface area contributed by atoms with Gasteiger partial charge in [-0.05, 0) is 37.8 Å². The maximum atomic E-state index is 11.5. The van der Waals surface area contributed by atoms with E-state index in [0.717, 1.165) is 13.2 Å². The highest BCUT2D eigenvalue weighted by atomic mass is 16.6. The molecule has 0 heterocycles. The second-order valence-electron chi connectivity index (χ2n) is 5.81. The summed E-state index contributed by atoms with van der Waals surface area (Å²) in [6.07, 6.45) is 1.79. The van der Waals surface area contributed by atoms with Crippen molar-refractivity contribution in [2.24, 2.45) is 5.92 Å². The van der Waals surface area contributed by atoms with Gasteiger partial charge in [-0.3, -0.25) is 19.7 Å². The first-order valence-corrected chi connectivity index (χ1v) is 7.89. The third-order valence-electron chi connectivity index (χ3n) is 4.11. The van der Waals surface area contributed by atoms with Crippen molar-refractivity contribution in [1.29, 1.82) is 0 Å². The zero-order chi connectivity index (χ0) is 19.3. The average Bonchev–Trinajstić information content (AvgIpc) is 2.62. The summed E-state index contributed by atoms with van der Waals surface area (Å²) >= 11 is 0. The van der Waals surface area contributed by atoms with Gasteiger partial charge in [0.2, 0.25) is 0 Å². The van der Waals surface area contributed by atoms with Gasteiger partial charge in [-0.1, -0.05) is 0 Å². The number of anilines is 1. The lowest BCUT2D eigenvalue weighted by Crippen LogP contribution is -2.27. The number of nitro groups is 1. The first-order chi connectivity index (χ1) is 12.3. The lowest BCUT2D eigenvalue weighted by Gasteiger charge is -2.26. The van der Waals surface area contributed by atoms with E-state index >= 15 is 0 Å². The van der Waals surface area contributed by atoms with Gasteiger partial charge < -0.3 is 19.9 Å². The van der Waals surface area contributed by atoms with E-state index in [-0.39, 0.29) is 23.5 Å². The van der Waals surface area contributed by atoms with Crippen molar-refractivity contribution in [3.63, 3.8) is 0 Å². The van der Waals surface area contributed by atoms with Gasteiger partial charge in [-0.25, -0.2) is 4.79 Å². The van der Waals surface area contributed by atoms with Crippen molar-refractivity contribution in [1.82, 2.24) is 0 Å². The fraction of sp³-hybridized carbons (Fsp3) is 0.438. The number of carbonyl (C=O) groups is 3. The Morgan fingerprint density at radius 2 is 1.88 bits per heavy atom. The van der Waals surface area contributed by atoms with E-state index < -0.39 is 28.5 Å². The normalized spacial score (nSPS) is 19.3. The number of nitro benzene ring substituents is 1. The molecule has 2 N–H and O–H groups in total. The molecule has 10 nitrogen and oxygen atoms in total. The number of nitrogens with zero attached hydrogens (tertiary/aromatic N) is 1. The molecule has 140 valence electrons. The number of benzene rings is 1. The Balaban J connectivity index is 2.08. The summed E-state index contributed by atoms with van der Waals surface area (Å²) in [5.41, 5.74) is -0.591. The summed E-state index contributed by atoms with van der Waals surface area (Å²) < 4.78 is 9.95. The Kier molecular flexibility index (Phi) is 6.10. The molecule has 0 saturated heterocycles. The van der Waals surface area contributed by atoms with Gasteiger partial charge >= 0.3 is 17.8 Å². The molecule has 0 radical (unpaired) electrons. The molecule has 0 bridgehead atoms. The van der Waals surface area contributed by atoms with Gasteiger partial charge in [0, 0.05) is 0 Å². The van der Waals surface area contributed by atoms with Crippen molar-refractivity contribution in [2.75, 3.05) is 12.4 Å². The average molecular weight is 366 g/mol. The van der Waals surface area contributed by atoms with Gasteiger partial charge in [0.25, 0.3) is 5.69 Å². The number of hydrogen-bond acceptors (Lipinski definition) is 7. The van der Waals surface area contributed by atoms with Crippen LogP contribution in [0.2, 0.25) is 0 Å². The summed E-state index contributed by atoms with van der Waals surface area (Å²) in [4.78, 5) is 44.1. The molecule has 1 fully saturated rings. The Bertz CT molecular complexity index is 725. The van der Waals surface area contributed by atoms with Crippen LogP contribution in [0.15, 0.2) is 18.2 Å². The van der Waals surface area contributed by atoms with Gasteiger partial charge in [0.15, 0.2) is 0 Å².